The van der Waals surface area contributed by atoms with Crippen LogP contribution in [0.3, 0.4) is 0 Å². The monoisotopic (exact) mass is 358 g/mol. The number of β-amino-alcohol motifs (C(OH)–C–C–N with tert-alkyl or cyclic N) is 1. The first kappa shape index (κ1) is 18.2. The fourth-order valence-corrected chi connectivity index (χ4v) is 2.75. The zero-order chi connectivity index (χ0) is 18.4. The number of carbonyl (C=O) groups excluding carboxylic acids is 1. The molecule has 0 radical (unpaired) electrons. The van der Waals surface area contributed by atoms with E-state index in [1.807, 2.05) is 30.3 Å². The smallest absolute Gasteiger partial charge is 0.254 e. The van der Waals surface area contributed by atoms with Crippen LogP contribution in [0.15, 0.2) is 48.7 Å². The van der Waals surface area contributed by atoms with E-state index in [1.165, 1.54) is 13.3 Å². The number of ether oxygens (including phenoxy) is 3. The summed E-state index contributed by atoms with van der Waals surface area (Å²) >= 11 is 0. The molecule has 2 heterocycles. The molecule has 26 heavy (non-hydrogen) atoms. The Morgan fingerprint density at radius 3 is 2.92 bits per heavy atom. The summed E-state index contributed by atoms with van der Waals surface area (Å²) in [6.07, 6.45) is 1.52. The van der Waals surface area contributed by atoms with Crippen LogP contribution in [0.5, 0.6) is 11.6 Å². The van der Waals surface area contributed by atoms with Crippen molar-refractivity contribution in [2.75, 3.05) is 40.0 Å². The van der Waals surface area contributed by atoms with Gasteiger partial charge in [-0.3, -0.25) is 4.79 Å². The minimum absolute atomic E-state index is 0.0282. The number of para-hydroxylation sites is 1. The molecule has 0 spiro atoms. The lowest BCUT2D eigenvalue weighted by Gasteiger charge is -2.30. The quantitative estimate of drug-likeness (QED) is 0.870. The normalized spacial score (nSPS) is 20.3. The summed E-state index contributed by atoms with van der Waals surface area (Å²) in [4.78, 5) is 18.4. The van der Waals surface area contributed by atoms with Crippen molar-refractivity contribution < 1.29 is 24.1 Å². The Morgan fingerprint density at radius 2 is 2.15 bits per heavy atom. The molecule has 1 atom stereocenters. The van der Waals surface area contributed by atoms with Crippen LogP contribution in [0.4, 0.5) is 0 Å². The summed E-state index contributed by atoms with van der Waals surface area (Å²) in [7, 11) is 1.50. The number of rotatable bonds is 5. The highest BCUT2D eigenvalue weighted by Crippen LogP contribution is 2.19. The number of nitrogens with zero attached hydrogens (tertiary/aromatic N) is 2. The fraction of sp³-hybridized carbons (Fsp3) is 0.368. The van der Waals surface area contributed by atoms with Crippen LogP contribution in [-0.4, -0.2) is 66.5 Å². The van der Waals surface area contributed by atoms with Crippen molar-refractivity contribution in [1.29, 1.82) is 0 Å². The second kappa shape index (κ2) is 8.16. The molecule has 138 valence electrons. The lowest BCUT2D eigenvalue weighted by Crippen LogP contribution is -2.50. The van der Waals surface area contributed by atoms with Gasteiger partial charge in [0.1, 0.15) is 18.0 Å². The number of pyridine rings is 1. The van der Waals surface area contributed by atoms with Gasteiger partial charge in [-0.05, 0) is 18.2 Å². The molecule has 7 heteroatoms. The molecule has 1 aromatic heterocycles. The van der Waals surface area contributed by atoms with Crippen LogP contribution in [0, 0.1) is 0 Å². The first-order valence-corrected chi connectivity index (χ1v) is 8.37. The number of hydrogen-bond donors (Lipinski definition) is 1. The zero-order valence-electron chi connectivity index (χ0n) is 14.6. The van der Waals surface area contributed by atoms with Crippen LogP contribution in [0.1, 0.15) is 10.4 Å². The predicted octanol–water partition coefficient (Wildman–Crippen LogP) is 1.37. The van der Waals surface area contributed by atoms with E-state index in [-0.39, 0.29) is 25.7 Å². The topological polar surface area (TPSA) is 81.1 Å². The van der Waals surface area contributed by atoms with Gasteiger partial charge in [0.2, 0.25) is 5.88 Å². The van der Waals surface area contributed by atoms with E-state index in [2.05, 4.69) is 4.98 Å². The Hall–Kier alpha value is -2.64. The number of aromatic nitrogens is 1. The first-order chi connectivity index (χ1) is 12.6. The van der Waals surface area contributed by atoms with Crippen molar-refractivity contribution in [1.82, 2.24) is 9.88 Å². The van der Waals surface area contributed by atoms with E-state index >= 15 is 0 Å². The molecule has 3 rings (SSSR count). The number of aliphatic hydroxyl groups is 1. The number of amides is 1. The third kappa shape index (κ3) is 4.50. The minimum atomic E-state index is -1.29. The van der Waals surface area contributed by atoms with Gasteiger partial charge in [-0.15, -0.1) is 0 Å². The third-order valence-corrected chi connectivity index (χ3v) is 4.09. The molecular weight excluding hydrogens is 336 g/mol. The van der Waals surface area contributed by atoms with Crippen molar-refractivity contribution >= 4 is 5.91 Å². The van der Waals surface area contributed by atoms with E-state index in [0.717, 1.165) is 0 Å². The maximum absolute atomic E-state index is 12.8. The molecule has 1 aromatic carbocycles. The van der Waals surface area contributed by atoms with E-state index in [9.17, 15) is 9.90 Å². The molecule has 1 N–H and O–H groups in total. The molecule has 0 saturated carbocycles. The highest BCUT2D eigenvalue weighted by Gasteiger charge is 2.35. The molecule has 1 amide bonds. The Bertz CT molecular complexity index is 740. The average Bonchev–Trinajstić information content (AvgIpc) is 2.89. The van der Waals surface area contributed by atoms with Gasteiger partial charge in [-0.1, -0.05) is 18.2 Å². The fourth-order valence-electron chi connectivity index (χ4n) is 2.75. The lowest BCUT2D eigenvalue weighted by atomic mass is 10.1. The van der Waals surface area contributed by atoms with Gasteiger partial charge in [0.15, 0.2) is 0 Å². The largest absolute Gasteiger partial charge is 0.490 e. The SMILES string of the molecule is COc1cc(C(=O)N2CCOC[C@@](O)(COc3ccccc3)C2)ccn1. The van der Waals surface area contributed by atoms with Crippen molar-refractivity contribution in [2.45, 2.75) is 5.60 Å². The Labute approximate surface area is 152 Å². The highest BCUT2D eigenvalue weighted by atomic mass is 16.5. The van der Waals surface area contributed by atoms with Gasteiger partial charge in [-0.2, -0.15) is 0 Å². The van der Waals surface area contributed by atoms with Crippen LogP contribution in [0.2, 0.25) is 0 Å². The van der Waals surface area contributed by atoms with E-state index in [4.69, 9.17) is 14.2 Å². The minimum Gasteiger partial charge on any atom is -0.490 e. The van der Waals surface area contributed by atoms with E-state index in [0.29, 0.717) is 30.3 Å². The maximum Gasteiger partial charge on any atom is 0.254 e. The molecule has 1 saturated heterocycles. The summed E-state index contributed by atoms with van der Waals surface area (Å²) in [5.41, 5.74) is -0.843. The molecule has 1 aliphatic rings. The molecule has 0 bridgehead atoms. The molecular formula is C19H22N2O5. The Kier molecular flexibility index (Phi) is 5.70. The zero-order valence-corrected chi connectivity index (χ0v) is 14.6. The maximum atomic E-state index is 12.8. The van der Waals surface area contributed by atoms with Gasteiger partial charge < -0.3 is 24.2 Å². The van der Waals surface area contributed by atoms with E-state index < -0.39 is 5.60 Å². The number of hydrogen-bond acceptors (Lipinski definition) is 6. The van der Waals surface area contributed by atoms with Gasteiger partial charge in [-0.25, -0.2) is 4.98 Å². The summed E-state index contributed by atoms with van der Waals surface area (Å²) in [5, 5.41) is 10.9. The van der Waals surface area contributed by atoms with Crippen molar-refractivity contribution in [3.8, 4) is 11.6 Å². The molecule has 0 aliphatic carbocycles. The highest BCUT2D eigenvalue weighted by molar-refractivity contribution is 5.94. The average molecular weight is 358 g/mol. The third-order valence-electron chi connectivity index (χ3n) is 4.09. The van der Waals surface area contributed by atoms with Gasteiger partial charge in [0.25, 0.3) is 5.91 Å². The van der Waals surface area contributed by atoms with Crippen LogP contribution < -0.4 is 9.47 Å². The van der Waals surface area contributed by atoms with Crippen LogP contribution in [-0.2, 0) is 4.74 Å². The molecule has 0 unspecified atom stereocenters. The van der Waals surface area contributed by atoms with Gasteiger partial charge in [0.05, 0.1) is 26.9 Å². The predicted molar refractivity (Wildman–Crippen MR) is 94.4 cm³/mol. The molecule has 7 nitrogen and oxygen atoms in total. The van der Waals surface area contributed by atoms with Crippen molar-refractivity contribution in [2.24, 2.45) is 0 Å². The van der Waals surface area contributed by atoms with Crippen LogP contribution >= 0.6 is 0 Å². The summed E-state index contributed by atoms with van der Waals surface area (Å²) in [5.74, 6) is 0.806. The molecule has 1 aliphatic heterocycles. The summed E-state index contributed by atoms with van der Waals surface area (Å²) < 4.78 is 16.2. The first-order valence-electron chi connectivity index (χ1n) is 8.37. The Balaban J connectivity index is 1.70. The molecule has 2 aromatic rings. The number of carbonyl (C=O) groups is 1. The summed E-state index contributed by atoms with van der Waals surface area (Å²) in [6, 6.07) is 12.4. The second-order valence-electron chi connectivity index (χ2n) is 6.19. The van der Waals surface area contributed by atoms with E-state index in [1.54, 1.807) is 17.0 Å². The summed E-state index contributed by atoms with van der Waals surface area (Å²) in [6.45, 7) is 0.978. The van der Waals surface area contributed by atoms with Crippen molar-refractivity contribution in [3.63, 3.8) is 0 Å². The number of benzene rings is 1. The van der Waals surface area contributed by atoms with Crippen LogP contribution in [0.25, 0.3) is 0 Å². The van der Waals surface area contributed by atoms with Gasteiger partial charge in [0, 0.05) is 24.4 Å². The standard InChI is InChI=1S/C19H22N2O5/c1-24-17-11-15(7-8-20-17)18(22)21-9-10-25-13-19(23,12-21)14-26-16-5-3-2-4-6-16/h2-8,11,23H,9-10,12-14H2,1H3/t19-/m1/s1. The molecule has 1 fully saturated rings. The second-order valence-corrected chi connectivity index (χ2v) is 6.19. The Morgan fingerprint density at radius 1 is 1.35 bits per heavy atom. The van der Waals surface area contributed by atoms with Gasteiger partial charge >= 0.3 is 0 Å². The van der Waals surface area contributed by atoms with Crippen molar-refractivity contribution in [3.05, 3.63) is 54.2 Å². The number of methoxy groups -OCH3 is 1. The lowest BCUT2D eigenvalue weighted by molar-refractivity contribution is -0.0621.